The number of rotatable bonds is 1. The van der Waals surface area contributed by atoms with Gasteiger partial charge < -0.3 is 0 Å². The summed E-state index contributed by atoms with van der Waals surface area (Å²) in [6.45, 7) is 0. The first-order valence-electron chi connectivity index (χ1n) is 5.45. The number of hydrogen-bond acceptors (Lipinski definition) is 2. The van der Waals surface area contributed by atoms with Crippen molar-refractivity contribution in [3.05, 3.63) is 54.6 Å². The molecule has 3 aromatic rings. The van der Waals surface area contributed by atoms with Gasteiger partial charge in [-0.2, -0.15) is 8.42 Å². The van der Waals surface area contributed by atoms with Gasteiger partial charge in [0.25, 0.3) is 10.1 Å². The Labute approximate surface area is 133 Å². The number of benzene rings is 3. The van der Waals surface area contributed by atoms with Crippen molar-refractivity contribution in [3.8, 4) is 0 Å². The van der Waals surface area contributed by atoms with Crippen LogP contribution >= 0.6 is 0 Å². The predicted molar refractivity (Wildman–Crippen MR) is 77.0 cm³/mol. The Morgan fingerprint density at radius 2 is 1.21 bits per heavy atom. The van der Waals surface area contributed by atoms with Gasteiger partial charge in [-0.15, -0.1) is 0 Å². The summed E-state index contributed by atoms with van der Waals surface area (Å²) in [6.07, 6.45) is 0. The molecule has 3 aromatic carbocycles. The molecule has 0 amide bonds. The monoisotopic (exact) mass is 281 g/mol. The molecule has 0 aliphatic carbocycles. The van der Waals surface area contributed by atoms with Crippen LogP contribution in [-0.2, 0) is 10.1 Å². The molecule has 1 N–H and O–H groups in total. The fraction of sp³-hybridized carbons (Fsp3) is 0. The molecular formula is C14H10NaO3S. The molecule has 0 aliphatic heterocycles. The maximum Gasteiger partial charge on any atom is 0.295 e. The maximum absolute atomic E-state index is 11.6. The summed E-state index contributed by atoms with van der Waals surface area (Å²) in [5, 5.41) is 2.67. The Balaban J connectivity index is 0.00000133. The molecule has 0 fully saturated rings. The van der Waals surface area contributed by atoms with Crippen LogP contribution in [0.25, 0.3) is 21.5 Å². The summed E-state index contributed by atoms with van der Waals surface area (Å²) in [5.74, 6) is 0. The Kier molecular flexibility index (Phi) is 3.99. The van der Waals surface area contributed by atoms with Crippen LogP contribution in [0.15, 0.2) is 59.5 Å². The molecule has 0 aromatic heterocycles. The topological polar surface area (TPSA) is 54.4 Å². The van der Waals surface area contributed by atoms with Crippen LogP contribution in [0.5, 0.6) is 0 Å². The molecule has 0 heterocycles. The second-order valence-corrected chi connectivity index (χ2v) is 5.48. The van der Waals surface area contributed by atoms with Crippen LogP contribution in [0.2, 0.25) is 0 Å². The fourth-order valence-corrected chi connectivity index (χ4v) is 3.18. The van der Waals surface area contributed by atoms with Gasteiger partial charge in [-0.3, -0.25) is 4.55 Å². The van der Waals surface area contributed by atoms with Gasteiger partial charge in [0.1, 0.15) is 4.90 Å². The molecule has 0 spiro atoms. The molecule has 91 valence electrons. The SMILES string of the molecule is O=S(=O)(O)c1c2ccccc2cc2ccccc12.[Na]. The van der Waals surface area contributed by atoms with E-state index in [1.165, 1.54) is 0 Å². The van der Waals surface area contributed by atoms with E-state index < -0.39 is 10.1 Å². The molecule has 0 saturated heterocycles. The minimum atomic E-state index is -4.26. The Morgan fingerprint density at radius 1 is 0.789 bits per heavy atom. The Morgan fingerprint density at radius 3 is 1.63 bits per heavy atom. The zero-order valence-electron chi connectivity index (χ0n) is 10.4. The van der Waals surface area contributed by atoms with Crippen molar-refractivity contribution < 1.29 is 13.0 Å². The standard InChI is InChI=1S/C14H10O3S.Na/c15-18(16,17)14-12-7-3-1-5-10(12)9-11-6-2-4-8-13(11)14;/h1-9H,(H,15,16,17);. The third-order valence-corrected chi connectivity index (χ3v) is 3.94. The summed E-state index contributed by atoms with van der Waals surface area (Å²) >= 11 is 0. The van der Waals surface area contributed by atoms with Crippen LogP contribution in [0.1, 0.15) is 0 Å². The fourth-order valence-electron chi connectivity index (χ4n) is 2.25. The summed E-state index contributed by atoms with van der Waals surface area (Å²) in [6, 6.07) is 16.2. The quantitative estimate of drug-likeness (QED) is 0.424. The third-order valence-electron chi connectivity index (χ3n) is 2.98. The minimum Gasteiger partial charge on any atom is -0.282 e. The maximum atomic E-state index is 11.6. The van der Waals surface area contributed by atoms with Crippen LogP contribution in [0.3, 0.4) is 0 Å². The number of fused-ring (bicyclic) bond motifs is 2. The van der Waals surface area contributed by atoms with E-state index in [2.05, 4.69) is 0 Å². The van der Waals surface area contributed by atoms with E-state index in [9.17, 15) is 13.0 Å². The summed E-state index contributed by atoms with van der Waals surface area (Å²) in [7, 11) is -4.26. The van der Waals surface area contributed by atoms with Crippen molar-refractivity contribution in [1.29, 1.82) is 0 Å². The minimum absolute atomic E-state index is 0. The molecule has 0 aliphatic rings. The second-order valence-electron chi connectivity index (χ2n) is 4.12. The van der Waals surface area contributed by atoms with Crippen LogP contribution in [0, 0.1) is 0 Å². The molecule has 5 heteroatoms. The van der Waals surface area contributed by atoms with E-state index in [0.717, 1.165) is 10.8 Å². The van der Waals surface area contributed by atoms with Gasteiger partial charge in [0.05, 0.1) is 0 Å². The van der Waals surface area contributed by atoms with E-state index in [-0.39, 0.29) is 34.5 Å². The van der Waals surface area contributed by atoms with Gasteiger partial charge in [-0.25, -0.2) is 0 Å². The van der Waals surface area contributed by atoms with Gasteiger partial charge in [0, 0.05) is 40.3 Å². The molecule has 0 saturated carbocycles. The van der Waals surface area contributed by atoms with E-state index in [4.69, 9.17) is 0 Å². The molecule has 0 unspecified atom stereocenters. The van der Waals surface area contributed by atoms with Gasteiger partial charge in [0.2, 0.25) is 0 Å². The first-order chi connectivity index (χ1) is 8.57. The normalized spacial score (nSPS) is 11.4. The summed E-state index contributed by atoms with van der Waals surface area (Å²) in [4.78, 5) is -0.0174. The first kappa shape index (κ1) is 14.5. The van der Waals surface area contributed by atoms with E-state index >= 15 is 0 Å². The average molecular weight is 281 g/mol. The molecule has 0 atom stereocenters. The molecule has 0 bridgehead atoms. The molecule has 3 rings (SSSR count). The van der Waals surface area contributed by atoms with Crippen molar-refractivity contribution in [2.45, 2.75) is 4.90 Å². The molecule has 1 radical (unpaired) electrons. The van der Waals surface area contributed by atoms with Crippen LogP contribution < -0.4 is 0 Å². The van der Waals surface area contributed by atoms with E-state index in [1.54, 1.807) is 24.3 Å². The van der Waals surface area contributed by atoms with Gasteiger partial charge >= 0.3 is 0 Å². The van der Waals surface area contributed by atoms with Crippen molar-refractivity contribution in [2.24, 2.45) is 0 Å². The summed E-state index contributed by atoms with van der Waals surface area (Å²) in [5.41, 5.74) is 0. The average Bonchev–Trinajstić information content (AvgIpc) is 2.34. The van der Waals surface area contributed by atoms with Gasteiger partial charge in [-0.05, 0) is 16.8 Å². The van der Waals surface area contributed by atoms with Crippen molar-refractivity contribution in [3.63, 3.8) is 0 Å². The zero-order valence-corrected chi connectivity index (χ0v) is 13.2. The van der Waals surface area contributed by atoms with E-state index in [1.807, 2.05) is 30.3 Å². The Hall–Kier alpha value is -0.910. The largest absolute Gasteiger partial charge is 0.295 e. The van der Waals surface area contributed by atoms with Crippen LogP contribution in [0.4, 0.5) is 0 Å². The van der Waals surface area contributed by atoms with Crippen molar-refractivity contribution in [2.75, 3.05) is 0 Å². The van der Waals surface area contributed by atoms with Gasteiger partial charge in [-0.1, -0.05) is 48.5 Å². The molecule has 3 nitrogen and oxygen atoms in total. The molecular weight excluding hydrogens is 271 g/mol. The summed E-state index contributed by atoms with van der Waals surface area (Å²) < 4.78 is 32.7. The predicted octanol–water partition coefficient (Wildman–Crippen LogP) is 2.86. The second kappa shape index (κ2) is 5.23. The first-order valence-corrected chi connectivity index (χ1v) is 6.89. The van der Waals surface area contributed by atoms with Crippen molar-refractivity contribution >= 4 is 61.2 Å². The zero-order chi connectivity index (χ0) is 12.8. The van der Waals surface area contributed by atoms with Crippen LogP contribution in [-0.4, -0.2) is 42.5 Å². The third kappa shape index (κ3) is 2.55. The van der Waals surface area contributed by atoms with Crippen molar-refractivity contribution in [1.82, 2.24) is 0 Å². The van der Waals surface area contributed by atoms with E-state index in [0.29, 0.717) is 10.8 Å². The smallest absolute Gasteiger partial charge is 0.282 e. The van der Waals surface area contributed by atoms with Gasteiger partial charge in [0.15, 0.2) is 0 Å². The Bertz CT molecular complexity index is 803. The number of hydrogen-bond donors (Lipinski definition) is 1. The molecule has 19 heavy (non-hydrogen) atoms.